The minimum atomic E-state index is -0.518. The van der Waals surface area contributed by atoms with Gasteiger partial charge in [0.05, 0.1) is 18.7 Å². The largest absolute Gasteiger partial charge is 0.492 e. The highest BCUT2D eigenvalue weighted by Gasteiger charge is 2.23. The van der Waals surface area contributed by atoms with E-state index in [0.717, 1.165) is 18.6 Å². The zero-order valence-corrected chi connectivity index (χ0v) is 16.3. The van der Waals surface area contributed by atoms with Gasteiger partial charge >= 0.3 is 0 Å². The first-order valence-electron chi connectivity index (χ1n) is 9.84. The van der Waals surface area contributed by atoms with Gasteiger partial charge in [0, 0.05) is 19.1 Å². The van der Waals surface area contributed by atoms with Gasteiger partial charge in [-0.15, -0.1) is 0 Å². The number of likely N-dealkylation sites (tertiary alicyclic amines) is 1. The van der Waals surface area contributed by atoms with Gasteiger partial charge in [-0.1, -0.05) is 30.3 Å². The van der Waals surface area contributed by atoms with E-state index in [1.165, 1.54) is 12.1 Å². The molecule has 7 heteroatoms. The Labute approximate surface area is 170 Å². The van der Waals surface area contributed by atoms with Crippen LogP contribution in [-0.4, -0.2) is 55.5 Å². The number of halogens is 1. The predicted molar refractivity (Wildman–Crippen MR) is 108 cm³/mol. The van der Waals surface area contributed by atoms with Crippen LogP contribution < -0.4 is 15.4 Å². The minimum absolute atomic E-state index is 0.0133. The molecule has 0 saturated carbocycles. The van der Waals surface area contributed by atoms with Crippen LogP contribution >= 0.6 is 0 Å². The fourth-order valence-corrected chi connectivity index (χ4v) is 3.28. The lowest BCUT2D eigenvalue weighted by molar-refractivity contribution is -0.122. The zero-order valence-electron chi connectivity index (χ0n) is 16.3. The van der Waals surface area contributed by atoms with Gasteiger partial charge in [-0.05, 0) is 37.1 Å². The fraction of sp³-hybridized carbons (Fsp3) is 0.364. The first kappa shape index (κ1) is 20.8. The van der Waals surface area contributed by atoms with Crippen LogP contribution in [0.3, 0.4) is 0 Å². The van der Waals surface area contributed by atoms with Gasteiger partial charge in [0.25, 0.3) is 5.91 Å². The second-order valence-electron chi connectivity index (χ2n) is 7.02. The smallest absolute Gasteiger partial charge is 0.254 e. The van der Waals surface area contributed by atoms with Crippen LogP contribution in [0.25, 0.3) is 0 Å². The molecule has 1 aliphatic heterocycles. The van der Waals surface area contributed by atoms with Gasteiger partial charge in [-0.3, -0.25) is 14.5 Å². The Kier molecular flexibility index (Phi) is 7.58. The van der Waals surface area contributed by atoms with Crippen LogP contribution in [-0.2, 0) is 4.79 Å². The molecule has 3 rings (SSSR count). The molecular weight excluding hydrogens is 373 g/mol. The quantitative estimate of drug-likeness (QED) is 0.668. The Morgan fingerprint density at radius 3 is 2.45 bits per heavy atom. The molecule has 0 aromatic heterocycles. The number of hydrogen-bond acceptors (Lipinski definition) is 4. The molecule has 29 heavy (non-hydrogen) atoms. The van der Waals surface area contributed by atoms with Gasteiger partial charge < -0.3 is 15.4 Å². The van der Waals surface area contributed by atoms with Crippen molar-refractivity contribution >= 4 is 11.8 Å². The summed E-state index contributed by atoms with van der Waals surface area (Å²) in [7, 11) is 0. The molecule has 1 aliphatic rings. The summed E-state index contributed by atoms with van der Waals surface area (Å²) in [6.45, 7) is 2.59. The van der Waals surface area contributed by atoms with Gasteiger partial charge in [0.2, 0.25) is 5.91 Å². The molecule has 2 aromatic rings. The van der Waals surface area contributed by atoms with E-state index in [0.29, 0.717) is 32.8 Å². The molecule has 0 bridgehead atoms. The molecule has 0 aliphatic carbocycles. The summed E-state index contributed by atoms with van der Waals surface area (Å²) in [6, 6.07) is 15.4. The lowest BCUT2D eigenvalue weighted by Gasteiger charge is -2.31. The highest BCUT2D eigenvalue weighted by molar-refractivity contribution is 5.94. The number of nitrogens with zero attached hydrogens (tertiary/aromatic N) is 1. The van der Waals surface area contributed by atoms with Crippen LogP contribution in [0.15, 0.2) is 54.6 Å². The molecule has 2 aromatic carbocycles. The number of ether oxygens (including phenoxy) is 1. The Morgan fingerprint density at radius 1 is 1.03 bits per heavy atom. The van der Waals surface area contributed by atoms with Crippen LogP contribution in [0.2, 0.25) is 0 Å². The summed E-state index contributed by atoms with van der Waals surface area (Å²) in [5.41, 5.74) is 0.0621. The lowest BCUT2D eigenvalue weighted by atomic mass is 10.0. The summed E-state index contributed by atoms with van der Waals surface area (Å²) >= 11 is 0. The minimum Gasteiger partial charge on any atom is -0.492 e. The van der Waals surface area contributed by atoms with E-state index in [1.54, 1.807) is 12.1 Å². The number of carbonyl (C=O) groups is 2. The maximum atomic E-state index is 13.7. The van der Waals surface area contributed by atoms with E-state index in [9.17, 15) is 14.0 Å². The normalized spacial score (nSPS) is 14.9. The lowest BCUT2D eigenvalue weighted by Crippen LogP contribution is -2.47. The second kappa shape index (κ2) is 10.6. The maximum absolute atomic E-state index is 13.7. The van der Waals surface area contributed by atoms with Crippen molar-refractivity contribution in [1.82, 2.24) is 15.5 Å². The molecule has 0 atom stereocenters. The number of piperidine rings is 1. The fourth-order valence-electron chi connectivity index (χ4n) is 3.28. The molecular formula is C22H26FN3O3. The topological polar surface area (TPSA) is 70.7 Å². The highest BCUT2D eigenvalue weighted by Crippen LogP contribution is 2.12. The zero-order chi connectivity index (χ0) is 20.5. The van der Waals surface area contributed by atoms with Crippen LogP contribution in [0.5, 0.6) is 5.75 Å². The molecule has 0 spiro atoms. The third kappa shape index (κ3) is 6.57. The Balaban J connectivity index is 1.31. The molecule has 1 fully saturated rings. The maximum Gasteiger partial charge on any atom is 0.254 e. The van der Waals surface area contributed by atoms with Crippen molar-refractivity contribution in [2.24, 2.45) is 0 Å². The van der Waals surface area contributed by atoms with Crippen molar-refractivity contribution < 1.29 is 18.7 Å². The van der Waals surface area contributed by atoms with Crippen LogP contribution in [0.4, 0.5) is 4.39 Å². The summed E-state index contributed by atoms with van der Waals surface area (Å²) < 4.78 is 19.2. The third-order valence-electron chi connectivity index (χ3n) is 4.84. The number of hydrogen-bond donors (Lipinski definition) is 2. The molecule has 1 saturated heterocycles. The standard InChI is InChI=1S/C22H26FN3O3/c23-20-9-5-4-8-19(20)22(28)25-17-10-13-26(14-11-17)16-21(27)24-12-15-29-18-6-2-1-3-7-18/h1-9,17H,10-16H2,(H,24,27)(H,25,28). The Bertz CT molecular complexity index is 808. The van der Waals surface area contributed by atoms with Crippen LogP contribution in [0, 0.1) is 5.82 Å². The van der Waals surface area contributed by atoms with E-state index in [4.69, 9.17) is 4.74 Å². The molecule has 0 radical (unpaired) electrons. The second-order valence-corrected chi connectivity index (χ2v) is 7.02. The molecule has 6 nitrogen and oxygen atoms in total. The van der Waals surface area contributed by atoms with Crippen LogP contribution in [0.1, 0.15) is 23.2 Å². The van der Waals surface area contributed by atoms with Crippen molar-refractivity contribution in [3.8, 4) is 5.75 Å². The number of rotatable bonds is 8. The van der Waals surface area contributed by atoms with E-state index in [1.807, 2.05) is 30.3 Å². The number of nitrogens with one attached hydrogen (secondary N) is 2. The summed E-state index contributed by atoms with van der Waals surface area (Å²) in [5.74, 6) is -0.176. The number of para-hydroxylation sites is 1. The predicted octanol–water partition coefficient (Wildman–Crippen LogP) is 2.22. The molecule has 154 valence electrons. The monoisotopic (exact) mass is 399 g/mol. The van der Waals surface area contributed by atoms with Gasteiger partial charge in [-0.2, -0.15) is 0 Å². The van der Waals surface area contributed by atoms with Crippen molar-refractivity contribution in [3.63, 3.8) is 0 Å². The molecule has 2 amide bonds. The number of amides is 2. The Hall–Kier alpha value is -2.93. The first-order chi connectivity index (χ1) is 14.1. The van der Waals surface area contributed by atoms with E-state index in [2.05, 4.69) is 15.5 Å². The van der Waals surface area contributed by atoms with E-state index >= 15 is 0 Å². The van der Waals surface area contributed by atoms with E-state index in [-0.39, 0.29) is 17.5 Å². The first-order valence-corrected chi connectivity index (χ1v) is 9.84. The average molecular weight is 399 g/mol. The molecule has 1 heterocycles. The van der Waals surface area contributed by atoms with Crippen molar-refractivity contribution in [1.29, 1.82) is 0 Å². The number of benzene rings is 2. The van der Waals surface area contributed by atoms with Crippen molar-refractivity contribution in [2.45, 2.75) is 18.9 Å². The van der Waals surface area contributed by atoms with Crippen molar-refractivity contribution in [3.05, 3.63) is 66.0 Å². The third-order valence-corrected chi connectivity index (χ3v) is 4.84. The average Bonchev–Trinajstić information content (AvgIpc) is 2.74. The highest BCUT2D eigenvalue weighted by atomic mass is 19.1. The SMILES string of the molecule is O=C(CN1CCC(NC(=O)c2ccccc2F)CC1)NCCOc1ccccc1. The Morgan fingerprint density at radius 2 is 1.72 bits per heavy atom. The van der Waals surface area contributed by atoms with E-state index < -0.39 is 11.7 Å². The van der Waals surface area contributed by atoms with Gasteiger partial charge in [0.1, 0.15) is 18.2 Å². The molecule has 0 unspecified atom stereocenters. The van der Waals surface area contributed by atoms with Gasteiger partial charge in [-0.25, -0.2) is 4.39 Å². The van der Waals surface area contributed by atoms with Gasteiger partial charge in [0.15, 0.2) is 0 Å². The summed E-state index contributed by atoms with van der Waals surface area (Å²) in [6.07, 6.45) is 1.45. The summed E-state index contributed by atoms with van der Waals surface area (Å²) in [5, 5.41) is 5.74. The number of carbonyl (C=O) groups excluding carboxylic acids is 2. The summed E-state index contributed by atoms with van der Waals surface area (Å²) in [4.78, 5) is 26.3. The molecule has 2 N–H and O–H groups in total. The van der Waals surface area contributed by atoms with Crippen molar-refractivity contribution in [2.75, 3.05) is 32.8 Å².